The number of alkyl halides is 6. The Morgan fingerprint density at radius 3 is 1.92 bits per heavy atom. The molecule has 1 rings (SSSR count). The first kappa shape index (κ1) is 23.9. The summed E-state index contributed by atoms with van der Waals surface area (Å²) in [4.78, 5) is 0. The van der Waals surface area contributed by atoms with E-state index in [0.717, 1.165) is 0 Å². The molecule has 0 bridgehead atoms. The van der Waals surface area contributed by atoms with Crippen LogP contribution in [0.25, 0.3) is 0 Å². The average Bonchev–Trinajstić information content (AvgIpc) is 2.41. The van der Waals surface area contributed by atoms with Crippen molar-refractivity contribution in [3.63, 3.8) is 0 Å². The van der Waals surface area contributed by atoms with Gasteiger partial charge in [0.2, 0.25) is 0 Å². The maximum atomic E-state index is 14.0. The molecule has 0 spiro atoms. The lowest BCUT2D eigenvalue weighted by molar-refractivity contribution is -0.144. The summed E-state index contributed by atoms with van der Waals surface area (Å²) in [5.41, 5.74) is 0.759. The molecule has 0 aliphatic carbocycles. The van der Waals surface area contributed by atoms with E-state index in [1.165, 1.54) is 0 Å². The van der Waals surface area contributed by atoms with E-state index < -0.39 is 47.0 Å². The highest BCUT2D eigenvalue weighted by atomic mass is 35.5. The van der Waals surface area contributed by atoms with Crippen LogP contribution in [0.15, 0.2) is 12.1 Å². The lowest BCUT2D eigenvalue weighted by Gasteiger charge is -2.25. The van der Waals surface area contributed by atoms with Crippen molar-refractivity contribution in [3.8, 4) is 0 Å². The predicted molar refractivity (Wildman–Crippen MR) is 80.7 cm³/mol. The van der Waals surface area contributed by atoms with Gasteiger partial charge in [-0.1, -0.05) is 13.8 Å². The van der Waals surface area contributed by atoms with Gasteiger partial charge in [0.15, 0.2) is 0 Å². The second kappa shape index (κ2) is 8.55. The maximum Gasteiger partial charge on any atom is 0.416 e. The standard InChI is InChI=1S/C15H18F7NO.ClH/c1-7(2)3-4-11(24)13(23)12-9(15(20,21)22)5-8(6-10(12)16)14(17,18)19;/h5-7,11,13,24H,3-4,23H2,1-2H3;1H/t11-,13-;/m0./s1. The van der Waals surface area contributed by atoms with Crippen LogP contribution in [0.2, 0.25) is 0 Å². The average molecular weight is 398 g/mol. The van der Waals surface area contributed by atoms with Crippen LogP contribution < -0.4 is 5.73 Å². The molecule has 10 heteroatoms. The second-order valence-electron chi connectivity index (χ2n) is 5.98. The lowest BCUT2D eigenvalue weighted by atomic mass is 9.91. The van der Waals surface area contributed by atoms with E-state index in [4.69, 9.17) is 5.73 Å². The van der Waals surface area contributed by atoms with Gasteiger partial charge in [-0.05, 0) is 30.9 Å². The summed E-state index contributed by atoms with van der Waals surface area (Å²) < 4.78 is 91.0. The number of aliphatic hydroxyl groups is 1. The summed E-state index contributed by atoms with van der Waals surface area (Å²) >= 11 is 0. The van der Waals surface area contributed by atoms with Crippen LogP contribution in [-0.4, -0.2) is 11.2 Å². The number of hydrogen-bond acceptors (Lipinski definition) is 2. The zero-order valence-corrected chi connectivity index (χ0v) is 14.2. The Balaban J connectivity index is 0.00000576. The molecule has 146 valence electrons. The number of rotatable bonds is 5. The molecular formula is C15H19ClF7NO. The van der Waals surface area contributed by atoms with Gasteiger partial charge in [0.1, 0.15) is 5.82 Å². The smallest absolute Gasteiger partial charge is 0.391 e. The first-order chi connectivity index (χ1) is 10.7. The highest BCUT2D eigenvalue weighted by molar-refractivity contribution is 5.85. The summed E-state index contributed by atoms with van der Waals surface area (Å²) in [6, 6.07) is -2.02. The zero-order chi connectivity index (χ0) is 18.9. The van der Waals surface area contributed by atoms with Crippen molar-refractivity contribution in [1.29, 1.82) is 0 Å². The number of halogens is 8. The third-order valence-corrected chi connectivity index (χ3v) is 3.55. The molecule has 0 aliphatic rings. The Labute approximate surface area is 146 Å². The van der Waals surface area contributed by atoms with Crippen molar-refractivity contribution in [1.82, 2.24) is 0 Å². The quantitative estimate of drug-likeness (QED) is 0.680. The lowest BCUT2D eigenvalue weighted by Crippen LogP contribution is -2.30. The third-order valence-electron chi connectivity index (χ3n) is 3.55. The minimum absolute atomic E-state index is 0. The summed E-state index contributed by atoms with van der Waals surface area (Å²) in [5, 5.41) is 9.88. The first-order valence-corrected chi connectivity index (χ1v) is 7.16. The molecular weight excluding hydrogens is 379 g/mol. The van der Waals surface area contributed by atoms with Crippen molar-refractivity contribution >= 4 is 12.4 Å². The molecule has 0 aromatic heterocycles. The fourth-order valence-electron chi connectivity index (χ4n) is 2.23. The number of benzene rings is 1. The molecule has 2 nitrogen and oxygen atoms in total. The highest BCUT2D eigenvalue weighted by Crippen LogP contribution is 2.41. The Hall–Kier alpha value is -1.06. The van der Waals surface area contributed by atoms with Crippen molar-refractivity contribution in [3.05, 3.63) is 34.6 Å². The van der Waals surface area contributed by atoms with E-state index >= 15 is 0 Å². The monoisotopic (exact) mass is 397 g/mol. The third kappa shape index (κ3) is 6.31. The number of aliphatic hydroxyl groups excluding tert-OH is 1. The molecule has 1 aromatic carbocycles. The molecule has 3 N–H and O–H groups in total. The molecule has 0 radical (unpaired) electrons. The Morgan fingerprint density at radius 1 is 1.00 bits per heavy atom. The maximum absolute atomic E-state index is 14.0. The minimum Gasteiger partial charge on any atom is -0.391 e. The van der Waals surface area contributed by atoms with Gasteiger partial charge in [0.25, 0.3) is 0 Å². The van der Waals surface area contributed by atoms with Crippen LogP contribution in [0.4, 0.5) is 30.7 Å². The topological polar surface area (TPSA) is 46.2 Å². The van der Waals surface area contributed by atoms with Gasteiger partial charge < -0.3 is 10.8 Å². The van der Waals surface area contributed by atoms with Gasteiger partial charge in [-0.2, -0.15) is 26.3 Å². The summed E-state index contributed by atoms with van der Waals surface area (Å²) in [6.45, 7) is 3.61. The molecule has 2 atom stereocenters. The number of nitrogens with two attached hydrogens (primary N) is 1. The van der Waals surface area contributed by atoms with Crippen LogP contribution in [0.3, 0.4) is 0 Å². The summed E-state index contributed by atoms with van der Waals surface area (Å²) in [5.74, 6) is -1.63. The largest absolute Gasteiger partial charge is 0.416 e. The van der Waals surface area contributed by atoms with Crippen LogP contribution in [0.1, 0.15) is 49.4 Å². The van der Waals surface area contributed by atoms with E-state index in [0.29, 0.717) is 6.42 Å². The molecule has 0 aliphatic heterocycles. The molecule has 0 saturated heterocycles. The van der Waals surface area contributed by atoms with Gasteiger partial charge in [0.05, 0.1) is 23.3 Å². The van der Waals surface area contributed by atoms with Gasteiger partial charge >= 0.3 is 12.4 Å². The van der Waals surface area contributed by atoms with Crippen LogP contribution >= 0.6 is 12.4 Å². The van der Waals surface area contributed by atoms with E-state index in [2.05, 4.69) is 0 Å². The molecule has 1 aromatic rings. The SMILES string of the molecule is CC(C)CC[C@H](O)[C@H](N)c1c(F)cc(C(F)(F)F)cc1C(F)(F)F.Cl. The summed E-state index contributed by atoms with van der Waals surface area (Å²) in [7, 11) is 0. The second-order valence-corrected chi connectivity index (χ2v) is 5.98. The van der Waals surface area contributed by atoms with E-state index in [1.54, 1.807) is 13.8 Å². The van der Waals surface area contributed by atoms with Crippen molar-refractivity contribution in [2.45, 2.75) is 51.2 Å². The van der Waals surface area contributed by atoms with E-state index in [9.17, 15) is 35.8 Å². The molecule has 0 unspecified atom stereocenters. The van der Waals surface area contributed by atoms with Crippen molar-refractivity contribution < 1.29 is 35.8 Å². The minimum atomic E-state index is -5.24. The van der Waals surface area contributed by atoms with Crippen LogP contribution in [-0.2, 0) is 12.4 Å². The van der Waals surface area contributed by atoms with Gasteiger partial charge in [-0.3, -0.25) is 0 Å². The Morgan fingerprint density at radius 2 is 1.52 bits per heavy atom. The van der Waals surface area contributed by atoms with Crippen molar-refractivity contribution in [2.24, 2.45) is 11.7 Å². The zero-order valence-electron chi connectivity index (χ0n) is 13.4. The van der Waals surface area contributed by atoms with Crippen LogP contribution in [0, 0.1) is 11.7 Å². The van der Waals surface area contributed by atoms with E-state index in [-0.39, 0.29) is 36.9 Å². The van der Waals surface area contributed by atoms with Crippen LogP contribution in [0.5, 0.6) is 0 Å². The molecule has 0 fully saturated rings. The van der Waals surface area contributed by atoms with E-state index in [1.807, 2.05) is 0 Å². The Kier molecular flexibility index (Phi) is 8.19. The van der Waals surface area contributed by atoms with Gasteiger partial charge in [-0.25, -0.2) is 4.39 Å². The normalized spacial score (nSPS) is 15.0. The first-order valence-electron chi connectivity index (χ1n) is 7.16. The summed E-state index contributed by atoms with van der Waals surface area (Å²) in [6.07, 6.45) is -11.5. The fraction of sp³-hybridized carbons (Fsp3) is 0.600. The highest BCUT2D eigenvalue weighted by Gasteiger charge is 2.41. The molecule has 0 heterocycles. The van der Waals surface area contributed by atoms with Crippen molar-refractivity contribution in [2.75, 3.05) is 0 Å². The number of hydrogen-bond donors (Lipinski definition) is 2. The molecule has 0 saturated carbocycles. The molecule has 25 heavy (non-hydrogen) atoms. The van der Waals surface area contributed by atoms with Gasteiger partial charge in [0, 0.05) is 5.56 Å². The molecule has 0 amide bonds. The predicted octanol–water partition coefficient (Wildman–Crippen LogP) is 5.08. The van der Waals surface area contributed by atoms with Gasteiger partial charge in [-0.15, -0.1) is 12.4 Å². The Bertz CT molecular complexity index is 572. The fourth-order valence-corrected chi connectivity index (χ4v) is 2.23.